The van der Waals surface area contributed by atoms with E-state index in [-0.39, 0.29) is 48.4 Å². The van der Waals surface area contributed by atoms with Crippen molar-refractivity contribution in [1.29, 1.82) is 0 Å². The standard InChI is InChI=1S/C27H39NO5/c1-8-18(6)23-19(7)33-25(23)26(30)28-24(17(4)5)22(29)14-21(16(2)3)27(31)32-15-20-12-10-9-11-13-20/h9-13,16-18,21,23-25H,7-8,14-15H2,1-6H3,(H,28,30)/t18-,21-,23+,24-,25+/m0/s1. The smallest absolute Gasteiger partial charge is 0.309 e. The summed E-state index contributed by atoms with van der Waals surface area (Å²) < 4.78 is 11.0. The molecule has 1 aliphatic heterocycles. The molecule has 1 N–H and O–H groups in total. The van der Waals surface area contributed by atoms with Crippen molar-refractivity contribution in [3.8, 4) is 0 Å². The van der Waals surface area contributed by atoms with Gasteiger partial charge in [-0.05, 0) is 23.3 Å². The van der Waals surface area contributed by atoms with Crippen LogP contribution in [-0.4, -0.2) is 29.8 Å². The van der Waals surface area contributed by atoms with Crippen molar-refractivity contribution >= 4 is 17.7 Å². The van der Waals surface area contributed by atoms with E-state index >= 15 is 0 Å². The first-order chi connectivity index (χ1) is 15.6. The summed E-state index contributed by atoms with van der Waals surface area (Å²) >= 11 is 0. The molecule has 1 aromatic rings. The normalized spacial score (nSPS) is 20.4. The Morgan fingerprint density at radius 2 is 1.70 bits per heavy atom. The Hall–Kier alpha value is -2.63. The number of benzene rings is 1. The molecular weight excluding hydrogens is 418 g/mol. The van der Waals surface area contributed by atoms with E-state index in [4.69, 9.17) is 9.47 Å². The van der Waals surface area contributed by atoms with E-state index in [1.807, 2.05) is 58.0 Å². The van der Waals surface area contributed by atoms with Crippen molar-refractivity contribution in [3.05, 3.63) is 48.2 Å². The molecule has 0 bridgehead atoms. The molecule has 1 heterocycles. The predicted octanol–water partition coefficient (Wildman–Crippen LogP) is 4.68. The van der Waals surface area contributed by atoms with Crippen molar-refractivity contribution in [3.63, 3.8) is 0 Å². The molecule has 0 spiro atoms. The van der Waals surface area contributed by atoms with E-state index in [9.17, 15) is 14.4 Å². The van der Waals surface area contributed by atoms with E-state index < -0.39 is 24.0 Å². The predicted molar refractivity (Wildman–Crippen MR) is 128 cm³/mol. The quantitative estimate of drug-likeness (QED) is 0.461. The number of Topliss-reactive ketones (excluding diaryl/α,β-unsaturated/α-hetero) is 1. The second-order valence-electron chi connectivity index (χ2n) is 9.76. The van der Waals surface area contributed by atoms with Crippen LogP contribution in [0.2, 0.25) is 0 Å². The van der Waals surface area contributed by atoms with Crippen molar-refractivity contribution < 1.29 is 23.9 Å². The van der Waals surface area contributed by atoms with Gasteiger partial charge in [-0.15, -0.1) is 0 Å². The van der Waals surface area contributed by atoms with Crippen LogP contribution in [0.4, 0.5) is 0 Å². The van der Waals surface area contributed by atoms with Gasteiger partial charge in [0.05, 0.1) is 23.6 Å². The minimum absolute atomic E-state index is 0.0153. The number of hydrogen-bond acceptors (Lipinski definition) is 5. The molecule has 0 radical (unpaired) electrons. The molecule has 1 aromatic carbocycles. The molecule has 1 amide bonds. The fourth-order valence-electron chi connectivity index (χ4n) is 4.12. The van der Waals surface area contributed by atoms with E-state index in [0.717, 1.165) is 12.0 Å². The molecule has 6 nitrogen and oxygen atoms in total. The van der Waals surface area contributed by atoms with E-state index in [1.54, 1.807) is 0 Å². The van der Waals surface area contributed by atoms with Gasteiger partial charge in [-0.2, -0.15) is 0 Å². The number of esters is 1. The summed E-state index contributed by atoms with van der Waals surface area (Å²) in [5, 5.41) is 2.88. The maximum Gasteiger partial charge on any atom is 0.309 e. The molecule has 1 fully saturated rings. The first kappa shape index (κ1) is 26.6. The Bertz CT molecular complexity index is 832. The van der Waals surface area contributed by atoms with Crippen LogP contribution in [0.5, 0.6) is 0 Å². The molecule has 182 valence electrons. The lowest BCUT2D eigenvalue weighted by Crippen LogP contribution is -2.56. The number of ether oxygens (including phenoxy) is 2. The monoisotopic (exact) mass is 457 g/mol. The van der Waals surface area contributed by atoms with Gasteiger partial charge in [0.2, 0.25) is 0 Å². The molecule has 0 aliphatic carbocycles. The third-order valence-corrected chi connectivity index (χ3v) is 6.56. The van der Waals surface area contributed by atoms with Crippen molar-refractivity contribution in [2.75, 3.05) is 0 Å². The SMILES string of the molecule is C=C1O[C@@H](C(=O)N[C@H](C(=O)C[C@H](C(=O)OCc2ccccc2)C(C)C)C(C)C)[C@@H]1[C@@H](C)CC. The summed E-state index contributed by atoms with van der Waals surface area (Å²) in [6.07, 6.45) is 0.296. The van der Waals surface area contributed by atoms with Gasteiger partial charge in [-0.25, -0.2) is 0 Å². The van der Waals surface area contributed by atoms with Crippen LogP contribution in [0.1, 0.15) is 59.9 Å². The molecule has 0 unspecified atom stereocenters. The molecule has 0 saturated carbocycles. The lowest BCUT2D eigenvalue weighted by Gasteiger charge is -2.42. The second kappa shape index (κ2) is 12.0. The molecule has 1 aliphatic rings. The average Bonchev–Trinajstić information content (AvgIpc) is 2.77. The third-order valence-electron chi connectivity index (χ3n) is 6.56. The van der Waals surface area contributed by atoms with Crippen LogP contribution in [0.15, 0.2) is 42.7 Å². The molecule has 6 heteroatoms. The Kier molecular flexibility index (Phi) is 9.69. The second-order valence-corrected chi connectivity index (χ2v) is 9.76. The highest BCUT2D eigenvalue weighted by Crippen LogP contribution is 2.38. The number of carbonyl (C=O) groups excluding carboxylic acids is 3. The number of carbonyl (C=O) groups is 3. The average molecular weight is 458 g/mol. The van der Waals surface area contributed by atoms with E-state index in [0.29, 0.717) is 5.76 Å². The fraction of sp³-hybridized carbons (Fsp3) is 0.593. The zero-order valence-electron chi connectivity index (χ0n) is 20.8. The largest absolute Gasteiger partial charge is 0.484 e. The zero-order chi connectivity index (χ0) is 24.7. The maximum atomic E-state index is 13.2. The van der Waals surface area contributed by atoms with Gasteiger partial charge in [-0.1, -0.05) is 84.9 Å². The maximum absolute atomic E-state index is 13.2. The summed E-state index contributed by atoms with van der Waals surface area (Å²) in [5.74, 6) is -0.807. The van der Waals surface area contributed by atoms with Gasteiger partial charge in [0.25, 0.3) is 5.91 Å². The molecule has 5 atom stereocenters. The van der Waals surface area contributed by atoms with Gasteiger partial charge in [0.15, 0.2) is 11.9 Å². The third kappa shape index (κ3) is 6.92. The van der Waals surface area contributed by atoms with E-state index in [2.05, 4.69) is 25.7 Å². The highest BCUT2D eigenvalue weighted by molar-refractivity contribution is 5.93. The lowest BCUT2D eigenvalue weighted by atomic mass is 9.81. The molecule has 1 saturated heterocycles. The van der Waals surface area contributed by atoms with Gasteiger partial charge < -0.3 is 14.8 Å². The molecular formula is C27H39NO5. The summed E-state index contributed by atoms with van der Waals surface area (Å²) in [6.45, 7) is 15.8. The van der Waals surface area contributed by atoms with Crippen molar-refractivity contribution in [2.45, 2.75) is 73.1 Å². The summed E-state index contributed by atoms with van der Waals surface area (Å²) in [5.41, 5.74) is 0.893. The van der Waals surface area contributed by atoms with E-state index in [1.165, 1.54) is 0 Å². The Balaban J connectivity index is 2.02. The van der Waals surface area contributed by atoms with Gasteiger partial charge in [-0.3, -0.25) is 14.4 Å². The van der Waals surface area contributed by atoms with Crippen LogP contribution in [0, 0.1) is 29.6 Å². The van der Waals surface area contributed by atoms with Gasteiger partial charge >= 0.3 is 5.97 Å². The number of ketones is 1. The van der Waals surface area contributed by atoms with Gasteiger partial charge in [0, 0.05) is 6.42 Å². The minimum Gasteiger partial charge on any atom is -0.484 e. The van der Waals surface area contributed by atoms with Crippen LogP contribution in [0.25, 0.3) is 0 Å². The number of rotatable bonds is 12. The highest BCUT2D eigenvalue weighted by Gasteiger charge is 2.46. The fourth-order valence-corrected chi connectivity index (χ4v) is 4.12. The number of amides is 1. The van der Waals surface area contributed by atoms with Crippen molar-refractivity contribution in [2.24, 2.45) is 29.6 Å². The zero-order valence-corrected chi connectivity index (χ0v) is 20.8. The number of nitrogens with one attached hydrogen (secondary N) is 1. The summed E-state index contributed by atoms with van der Waals surface area (Å²) in [4.78, 5) is 38.9. The summed E-state index contributed by atoms with van der Waals surface area (Å²) in [6, 6.07) is 8.74. The molecule has 0 aromatic heterocycles. The highest BCUT2D eigenvalue weighted by atomic mass is 16.5. The van der Waals surface area contributed by atoms with Crippen LogP contribution in [0.3, 0.4) is 0 Å². The summed E-state index contributed by atoms with van der Waals surface area (Å²) in [7, 11) is 0. The van der Waals surface area contributed by atoms with Crippen molar-refractivity contribution in [1.82, 2.24) is 5.32 Å². The lowest BCUT2D eigenvalue weighted by molar-refractivity contribution is -0.154. The molecule has 2 rings (SSSR count). The topological polar surface area (TPSA) is 81.7 Å². The Morgan fingerprint density at radius 3 is 2.21 bits per heavy atom. The first-order valence-corrected chi connectivity index (χ1v) is 12.0. The minimum atomic E-state index is -0.698. The van der Waals surface area contributed by atoms with Gasteiger partial charge in [0.1, 0.15) is 6.61 Å². The number of hydrogen-bond donors (Lipinski definition) is 1. The van der Waals surface area contributed by atoms with Crippen LogP contribution in [-0.2, 0) is 30.5 Å². The molecule has 33 heavy (non-hydrogen) atoms. The van der Waals surface area contributed by atoms with Crippen LogP contribution < -0.4 is 5.32 Å². The Labute approximate surface area is 198 Å². The Morgan fingerprint density at radius 1 is 1.06 bits per heavy atom. The first-order valence-electron chi connectivity index (χ1n) is 12.0. The van der Waals surface area contributed by atoms with Crippen LogP contribution >= 0.6 is 0 Å².